The van der Waals surface area contributed by atoms with Gasteiger partial charge in [0.15, 0.2) is 0 Å². The third kappa shape index (κ3) is 7.88. The average molecular weight is 838 g/mol. The molecule has 0 radical (unpaired) electrons. The molecule has 0 bridgehead atoms. The van der Waals surface area contributed by atoms with E-state index in [1.54, 1.807) is 22.7 Å². The Labute approximate surface area is 368 Å². The average Bonchev–Trinajstić information content (AvgIpc) is 3.92. The van der Waals surface area contributed by atoms with Crippen LogP contribution in [0, 0.1) is 6.92 Å². The Bertz CT molecular complexity index is 2800. The fourth-order valence-corrected chi connectivity index (χ4v) is 9.98. The lowest BCUT2D eigenvalue weighted by atomic mass is 9.86. The van der Waals surface area contributed by atoms with Gasteiger partial charge in [-0.25, -0.2) is 0 Å². The molecule has 0 aliphatic rings. The quantitative estimate of drug-likeness (QED) is 0.150. The van der Waals surface area contributed by atoms with E-state index >= 15 is 0 Å². The van der Waals surface area contributed by atoms with Crippen LogP contribution in [0.2, 0.25) is 5.02 Å². The molecule has 0 aliphatic heterocycles. The van der Waals surface area contributed by atoms with E-state index in [0.717, 1.165) is 50.8 Å². The Balaban J connectivity index is 1.24. The number of rotatable bonds is 8. The van der Waals surface area contributed by atoms with Crippen LogP contribution in [0.15, 0.2) is 168 Å². The lowest BCUT2D eigenvalue weighted by molar-refractivity contribution is 0.590. The van der Waals surface area contributed by atoms with Crippen LogP contribution < -0.4 is 9.80 Å². The molecule has 0 aliphatic carbocycles. The van der Waals surface area contributed by atoms with Crippen molar-refractivity contribution >= 4 is 88.6 Å². The predicted molar refractivity (Wildman–Crippen MR) is 265 cm³/mol. The van der Waals surface area contributed by atoms with Gasteiger partial charge in [-0.05, 0) is 163 Å². The van der Waals surface area contributed by atoms with Crippen molar-refractivity contribution in [1.82, 2.24) is 0 Å². The molecule has 60 heavy (non-hydrogen) atoms. The van der Waals surface area contributed by atoms with Crippen molar-refractivity contribution < 1.29 is 0 Å². The van der Waals surface area contributed by atoms with Crippen molar-refractivity contribution in [3.8, 4) is 22.3 Å². The lowest BCUT2D eigenvalue weighted by Gasteiger charge is -2.32. The van der Waals surface area contributed by atoms with Gasteiger partial charge in [-0.15, -0.1) is 22.7 Å². The summed E-state index contributed by atoms with van der Waals surface area (Å²) >= 11 is 11.5. The summed E-state index contributed by atoms with van der Waals surface area (Å²) in [6.07, 6.45) is 0. The van der Waals surface area contributed by atoms with Crippen LogP contribution in [0.1, 0.15) is 58.2 Å². The topological polar surface area (TPSA) is 6.48 Å². The van der Waals surface area contributed by atoms with Crippen LogP contribution in [-0.4, -0.2) is 0 Å². The monoisotopic (exact) mass is 836 g/mol. The SMILES string of the molecule is Cc1cc(N(c2ccc(C(C)(C)C)cc2)c2ccc(C(C)(C)C)cc2)c(Cl)c(N(c2cccc(-c3ccc4ccsc4c3)c2)c2cccc(-c3ccc4ccsc4c3)c2)c1. The predicted octanol–water partition coefficient (Wildman–Crippen LogP) is 17.9. The Morgan fingerprint density at radius 2 is 0.817 bits per heavy atom. The number of halogens is 1. The Morgan fingerprint density at radius 3 is 1.23 bits per heavy atom. The summed E-state index contributed by atoms with van der Waals surface area (Å²) in [5, 5.41) is 7.52. The minimum atomic E-state index is 0.0283. The number of hydrogen-bond acceptors (Lipinski definition) is 4. The largest absolute Gasteiger partial charge is 0.309 e. The second-order valence-corrected chi connectivity index (χ2v) is 20.1. The molecular formula is C55H49ClN2S2. The third-order valence-corrected chi connectivity index (χ3v) is 13.6. The molecule has 9 rings (SSSR count). The maximum atomic E-state index is 7.92. The van der Waals surface area contributed by atoms with Crippen molar-refractivity contribution in [3.63, 3.8) is 0 Å². The van der Waals surface area contributed by atoms with Gasteiger partial charge in [-0.2, -0.15) is 0 Å². The first-order valence-electron chi connectivity index (χ1n) is 20.6. The number of aryl methyl sites for hydroxylation is 1. The molecule has 2 heterocycles. The summed E-state index contributed by atoms with van der Waals surface area (Å²) in [7, 11) is 0. The number of benzene rings is 7. The van der Waals surface area contributed by atoms with E-state index in [0.29, 0.717) is 5.02 Å². The fourth-order valence-electron chi connectivity index (χ4n) is 8.05. The van der Waals surface area contributed by atoms with Gasteiger partial charge in [0.25, 0.3) is 0 Å². The van der Waals surface area contributed by atoms with Gasteiger partial charge in [0.05, 0.1) is 16.4 Å². The van der Waals surface area contributed by atoms with Gasteiger partial charge < -0.3 is 9.80 Å². The van der Waals surface area contributed by atoms with E-state index in [-0.39, 0.29) is 10.8 Å². The molecule has 2 aromatic heterocycles. The highest BCUT2D eigenvalue weighted by Gasteiger charge is 2.25. The van der Waals surface area contributed by atoms with Crippen LogP contribution >= 0.6 is 34.3 Å². The van der Waals surface area contributed by atoms with Gasteiger partial charge in [0.1, 0.15) is 0 Å². The molecule has 7 aromatic carbocycles. The van der Waals surface area contributed by atoms with E-state index in [2.05, 4.69) is 227 Å². The van der Waals surface area contributed by atoms with Crippen molar-refractivity contribution in [2.75, 3.05) is 9.80 Å². The smallest absolute Gasteiger partial charge is 0.0887 e. The molecule has 0 fully saturated rings. The molecule has 0 saturated carbocycles. The van der Waals surface area contributed by atoms with E-state index < -0.39 is 0 Å². The lowest BCUT2D eigenvalue weighted by Crippen LogP contribution is -2.16. The molecule has 298 valence electrons. The van der Waals surface area contributed by atoms with Crippen molar-refractivity contribution in [2.24, 2.45) is 0 Å². The normalized spacial score (nSPS) is 12.0. The number of nitrogens with zero attached hydrogens (tertiary/aromatic N) is 2. The summed E-state index contributed by atoms with van der Waals surface area (Å²) in [6.45, 7) is 15.7. The van der Waals surface area contributed by atoms with Gasteiger partial charge in [0.2, 0.25) is 0 Å². The van der Waals surface area contributed by atoms with E-state index in [9.17, 15) is 0 Å². The van der Waals surface area contributed by atoms with Gasteiger partial charge >= 0.3 is 0 Å². The third-order valence-electron chi connectivity index (χ3n) is 11.4. The molecule has 0 atom stereocenters. The standard InChI is InChI=1S/C55H49ClN2S2/c1-36-30-49(57(45-22-18-43(19-23-45)54(2,3)4)46-24-20-44(21-25-46)55(5,6)7)53(56)50(31-36)58(47-12-8-10-39(32-47)41-16-14-37-26-28-59-51(37)34-41)48-13-9-11-40(33-48)42-17-15-38-27-29-60-52(38)35-42/h8-35H,1-7H3. The van der Waals surface area contributed by atoms with E-state index in [1.165, 1.54) is 42.4 Å². The Morgan fingerprint density at radius 1 is 0.417 bits per heavy atom. The van der Waals surface area contributed by atoms with Crippen molar-refractivity contribution in [3.05, 3.63) is 190 Å². The molecule has 5 heteroatoms. The molecule has 0 unspecified atom stereocenters. The van der Waals surface area contributed by atoms with Crippen LogP contribution in [-0.2, 0) is 10.8 Å². The molecule has 0 spiro atoms. The highest BCUT2D eigenvalue weighted by molar-refractivity contribution is 7.17. The summed E-state index contributed by atoms with van der Waals surface area (Å²) in [5.41, 5.74) is 14.4. The highest BCUT2D eigenvalue weighted by atomic mass is 35.5. The number of anilines is 6. The van der Waals surface area contributed by atoms with Gasteiger partial charge in [-0.1, -0.05) is 126 Å². The van der Waals surface area contributed by atoms with Crippen molar-refractivity contribution in [2.45, 2.75) is 59.3 Å². The van der Waals surface area contributed by atoms with Crippen LogP contribution in [0.3, 0.4) is 0 Å². The number of fused-ring (bicyclic) bond motifs is 2. The maximum Gasteiger partial charge on any atom is 0.0887 e. The fraction of sp³-hybridized carbons (Fsp3) is 0.164. The zero-order valence-electron chi connectivity index (χ0n) is 35.3. The first kappa shape index (κ1) is 39.8. The van der Waals surface area contributed by atoms with E-state index in [1.807, 2.05) is 0 Å². The first-order valence-corrected chi connectivity index (χ1v) is 22.7. The summed E-state index contributed by atoms with van der Waals surface area (Å²) in [6, 6.07) is 58.0. The van der Waals surface area contributed by atoms with Crippen LogP contribution in [0.25, 0.3) is 42.4 Å². The minimum absolute atomic E-state index is 0.0283. The number of hydrogen-bond donors (Lipinski definition) is 0. The van der Waals surface area contributed by atoms with Gasteiger partial charge in [0, 0.05) is 32.1 Å². The second kappa shape index (κ2) is 15.7. The van der Waals surface area contributed by atoms with Gasteiger partial charge in [-0.3, -0.25) is 0 Å². The second-order valence-electron chi connectivity index (χ2n) is 17.8. The molecule has 0 N–H and O–H groups in total. The highest BCUT2D eigenvalue weighted by Crippen LogP contribution is 2.49. The summed E-state index contributed by atoms with van der Waals surface area (Å²) < 4.78 is 2.56. The Kier molecular flexibility index (Phi) is 10.4. The first-order chi connectivity index (χ1) is 28.8. The molecule has 0 amide bonds. The van der Waals surface area contributed by atoms with Crippen molar-refractivity contribution in [1.29, 1.82) is 0 Å². The molecule has 2 nitrogen and oxygen atoms in total. The van der Waals surface area contributed by atoms with Crippen LogP contribution in [0.4, 0.5) is 34.1 Å². The molecule has 0 saturated heterocycles. The summed E-state index contributed by atoms with van der Waals surface area (Å²) in [4.78, 5) is 4.65. The zero-order valence-corrected chi connectivity index (χ0v) is 37.6. The molecular weight excluding hydrogens is 788 g/mol. The van der Waals surface area contributed by atoms with E-state index in [4.69, 9.17) is 11.6 Å². The molecule has 9 aromatic rings. The maximum absolute atomic E-state index is 7.92. The minimum Gasteiger partial charge on any atom is -0.309 e. The van der Waals surface area contributed by atoms with Crippen LogP contribution in [0.5, 0.6) is 0 Å². The Hall–Kier alpha value is -5.65. The summed E-state index contributed by atoms with van der Waals surface area (Å²) in [5.74, 6) is 0. The zero-order chi connectivity index (χ0) is 41.8. The number of thiophene rings is 2.